The van der Waals surface area contributed by atoms with E-state index in [0.717, 1.165) is 5.56 Å². The minimum Gasteiger partial charge on any atom is -0.481 e. The Balaban J connectivity index is 2.17. The molecule has 4 nitrogen and oxygen atoms in total. The Morgan fingerprint density at radius 3 is 2.17 bits per heavy atom. The lowest BCUT2D eigenvalue weighted by atomic mass is 9.86. The molecule has 2 atom stereocenters. The summed E-state index contributed by atoms with van der Waals surface area (Å²) in [5, 5.41) is 0. The first-order chi connectivity index (χ1) is 8.72. The topological polar surface area (TPSA) is 47.9 Å². The van der Waals surface area contributed by atoms with E-state index in [1.807, 2.05) is 24.7 Å². The van der Waals surface area contributed by atoms with Gasteiger partial charge in [-0.2, -0.15) is 0 Å². The number of pyridine rings is 1. The highest BCUT2D eigenvalue weighted by molar-refractivity contribution is 5.25. The predicted octanol–water partition coefficient (Wildman–Crippen LogP) is 2.79. The molecule has 2 aromatic rings. The van der Waals surface area contributed by atoms with E-state index in [0.29, 0.717) is 17.7 Å². The first-order valence-corrected chi connectivity index (χ1v) is 5.97. The third-order valence-electron chi connectivity index (χ3n) is 3.35. The SMILES string of the molecule is COc1ccc(C(C)C(C)c2cncnc2)cn1. The van der Waals surface area contributed by atoms with Crippen molar-refractivity contribution in [2.24, 2.45) is 0 Å². The van der Waals surface area contributed by atoms with Crippen molar-refractivity contribution in [3.05, 3.63) is 48.2 Å². The van der Waals surface area contributed by atoms with Gasteiger partial charge in [-0.15, -0.1) is 0 Å². The lowest BCUT2D eigenvalue weighted by molar-refractivity contribution is 0.397. The molecule has 0 amide bonds. The number of nitrogens with zero attached hydrogens (tertiary/aromatic N) is 3. The van der Waals surface area contributed by atoms with Gasteiger partial charge >= 0.3 is 0 Å². The van der Waals surface area contributed by atoms with Gasteiger partial charge < -0.3 is 4.74 Å². The summed E-state index contributed by atoms with van der Waals surface area (Å²) >= 11 is 0. The van der Waals surface area contributed by atoms with Crippen LogP contribution in [0.3, 0.4) is 0 Å². The number of rotatable bonds is 4. The van der Waals surface area contributed by atoms with E-state index < -0.39 is 0 Å². The van der Waals surface area contributed by atoms with E-state index >= 15 is 0 Å². The van der Waals surface area contributed by atoms with E-state index in [2.05, 4.69) is 34.9 Å². The molecule has 0 N–H and O–H groups in total. The summed E-state index contributed by atoms with van der Waals surface area (Å²) in [5.41, 5.74) is 2.33. The molecule has 2 aromatic heterocycles. The van der Waals surface area contributed by atoms with Crippen molar-refractivity contribution in [3.8, 4) is 5.88 Å². The molecule has 0 spiro atoms. The minimum atomic E-state index is 0.349. The molecule has 0 radical (unpaired) electrons. The van der Waals surface area contributed by atoms with Crippen LogP contribution >= 0.6 is 0 Å². The second-order valence-electron chi connectivity index (χ2n) is 4.38. The fourth-order valence-electron chi connectivity index (χ4n) is 1.90. The molecule has 18 heavy (non-hydrogen) atoms. The molecule has 2 unspecified atom stereocenters. The maximum Gasteiger partial charge on any atom is 0.212 e. The highest BCUT2D eigenvalue weighted by Gasteiger charge is 2.17. The van der Waals surface area contributed by atoms with Crippen molar-refractivity contribution in [2.75, 3.05) is 7.11 Å². The van der Waals surface area contributed by atoms with Crippen LogP contribution < -0.4 is 4.74 Å². The van der Waals surface area contributed by atoms with Gasteiger partial charge in [-0.05, 0) is 23.0 Å². The number of aromatic nitrogens is 3. The molecule has 0 fully saturated rings. The molecular formula is C14H17N3O. The zero-order valence-electron chi connectivity index (χ0n) is 10.9. The molecule has 0 saturated carbocycles. The Morgan fingerprint density at radius 1 is 0.944 bits per heavy atom. The van der Waals surface area contributed by atoms with Gasteiger partial charge in [-0.25, -0.2) is 15.0 Å². The van der Waals surface area contributed by atoms with Crippen LogP contribution in [0.4, 0.5) is 0 Å². The third-order valence-corrected chi connectivity index (χ3v) is 3.35. The Hall–Kier alpha value is -1.97. The molecule has 0 aliphatic heterocycles. The zero-order valence-corrected chi connectivity index (χ0v) is 10.9. The predicted molar refractivity (Wildman–Crippen MR) is 69.7 cm³/mol. The smallest absolute Gasteiger partial charge is 0.212 e. The van der Waals surface area contributed by atoms with Gasteiger partial charge in [0.1, 0.15) is 6.33 Å². The molecular weight excluding hydrogens is 226 g/mol. The second-order valence-corrected chi connectivity index (χ2v) is 4.38. The molecule has 0 aromatic carbocycles. The van der Waals surface area contributed by atoms with Gasteiger partial charge in [0, 0.05) is 24.7 Å². The van der Waals surface area contributed by atoms with Crippen molar-refractivity contribution in [3.63, 3.8) is 0 Å². The van der Waals surface area contributed by atoms with Crippen LogP contribution in [-0.2, 0) is 0 Å². The maximum atomic E-state index is 5.06. The van der Waals surface area contributed by atoms with Crippen molar-refractivity contribution in [1.82, 2.24) is 15.0 Å². The molecule has 2 rings (SSSR count). The van der Waals surface area contributed by atoms with E-state index in [9.17, 15) is 0 Å². The van der Waals surface area contributed by atoms with Crippen molar-refractivity contribution >= 4 is 0 Å². The van der Waals surface area contributed by atoms with Crippen molar-refractivity contribution < 1.29 is 4.74 Å². The number of hydrogen-bond acceptors (Lipinski definition) is 4. The molecule has 0 aliphatic rings. The Kier molecular flexibility index (Phi) is 3.87. The molecule has 0 saturated heterocycles. The normalized spacial score (nSPS) is 13.9. The van der Waals surface area contributed by atoms with Crippen LogP contribution in [0, 0.1) is 0 Å². The van der Waals surface area contributed by atoms with Crippen LogP contribution in [0.1, 0.15) is 36.8 Å². The summed E-state index contributed by atoms with van der Waals surface area (Å²) in [6.45, 7) is 4.36. The maximum absolute atomic E-state index is 5.06. The number of hydrogen-bond donors (Lipinski definition) is 0. The van der Waals surface area contributed by atoms with Crippen LogP contribution in [0.25, 0.3) is 0 Å². The summed E-state index contributed by atoms with van der Waals surface area (Å²) in [6, 6.07) is 3.94. The van der Waals surface area contributed by atoms with Gasteiger partial charge in [0.05, 0.1) is 7.11 Å². The Morgan fingerprint density at radius 2 is 1.61 bits per heavy atom. The number of methoxy groups -OCH3 is 1. The fraction of sp³-hybridized carbons (Fsp3) is 0.357. The highest BCUT2D eigenvalue weighted by atomic mass is 16.5. The molecule has 2 heterocycles. The monoisotopic (exact) mass is 243 g/mol. The average Bonchev–Trinajstić information content (AvgIpc) is 2.47. The Bertz CT molecular complexity index is 484. The van der Waals surface area contributed by atoms with Gasteiger partial charge in [0.15, 0.2) is 0 Å². The third kappa shape index (κ3) is 2.64. The molecule has 4 heteroatoms. The molecule has 0 bridgehead atoms. The molecule has 94 valence electrons. The lowest BCUT2D eigenvalue weighted by Gasteiger charge is -2.19. The first-order valence-electron chi connectivity index (χ1n) is 5.97. The van der Waals surface area contributed by atoms with Crippen molar-refractivity contribution in [1.29, 1.82) is 0 Å². The van der Waals surface area contributed by atoms with E-state index in [-0.39, 0.29) is 0 Å². The fourth-order valence-corrected chi connectivity index (χ4v) is 1.90. The van der Waals surface area contributed by atoms with Gasteiger partial charge in [0.25, 0.3) is 0 Å². The quantitative estimate of drug-likeness (QED) is 0.828. The largest absolute Gasteiger partial charge is 0.481 e. The summed E-state index contributed by atoms with van der Waals surface area (Å²) in [4.78, 5) is 12.4. The van der Waals surface area contributed by atoms with Crippen molar-refractivity contribution in [2.45, 2.75) is 25.7 Å². The van der Waals surface area contributed by atoms with E-state index in [1.165, 1.54) is 5.56 Å². The van der Waals surface area contributed by atoms with Gasteiger partial charge in [0.2, 0.25) is 5.88 Å². The molecule has 0 aliphatic carbocycles. The van der Waals surface area contributed by atoms with Gasteiger partial charge in [-0.3, -0.25) is 0 Å². The Labute approximate surface area is 107 Å². The first kappa shape index (κ1) is 12.5. The minimum absolute atomic E-state index is 0.349. The summed E-state index contributed by atoms with van der Waals surface area (Å²) in [5.74, 6) is 1.34. The standard InChI is InChI=1S/C14H17N3O/c1-10(11(2)13-6-15-9-16-7-13)12-4-5-14(18-3)17-8-12/h4-11H,1-3H3. The van der Waals surface area contributed by atoms with Crippen LogP contribution in [0.15, 0.2) is 37.1 Å². The van der Waals surface area contributed by atoms with Crippen LogP contribution in [-0.4, -0.2) is 22.1 Å². The van der Waals surface area contributed by atoms with Crippen LogP contribution in [0.2, 0.25) is 0 Å². The summed E-state index contributed by atoms with van der Waals surface area (Å²) in [6.07, 6.45) is 7.15. The summed E-state index contributed by atoms with van der Waals surface area (Å²) in [7, 11) is 1.62. The van der Waals surface area contributed by atoms with E-state index in [1.54, 1.807) is 13.4 Å². The zero-order chi connectivity index (χ0) is 13.0. The van der Waals surface area contributed by atoms with Crippen LogP contribution in [0.5, 0.6) is 5.88 Å². The summed E-state index contributed by atoms with van der Waals surface area (Å²) < 4.78 is 5.06. The average molecular weight is 243 g/mol. The number of ether oxygens (including phenoxy) is 1. The lowest BCUT2D eigenvalue weighted by Crippen LogP contribution is -2.06. The van der Waals surface area contributed by atoms with Gasteiger partial charge in [-0.1, -0.05) is 19.9 Å². The highest BCUT2D eigenvalue weighted by Crippen LogP contribution is 2.31. The second kappa shape index (κ2) is 5.58. The van der Waals surface area contributed by atoms with E-state index in [4.69, 9.17) is 4.74 Å².